The number of rotatable bonds is 2. The summed E-state index contributed by atoms with van der Waals surface area (Å²) in [6.07, 6.45) is 3.68. The van der Waals surface area contributed by atoms with Gasteiger partial charge in [-0.15, -0.1) is 0 Å². The predicted octanol–water partition coefficient (Wildman–Crippen LogP) is 3.01. The van der Waals surface area contributed by atoms with Crippen molar-refractivity contribution < 1.29 is 0 Å². The highest BCUT2D eigenvalue weighted by atomic mass is 15.1. The smallest absolute Gasteiger partial charge is 0.227 e. The van der Waals surface area contributed by atoms with Crippen molar-refractivity contribution in [2.24, 2.45) is 0 Å². The van der Waals surface area contributed by atoms with Gasteiger partial charge in [0.05, 0.1) is 0 Å². The van der Waals surface area contributed by atoms with Crippen LogP contribution in [0.1, 0.15) is 5.69 Å². The third-order valence-electron chi connectivity index (χ3n) is 2.60. The van der Waals surface area contributed by atoms with E-state index in [0.717, 1.165) is 16.9 Å². The van der Waals surface area contributed by atoms with Crippen molar-refractivity contribution in [3.63, 3.8) is 0 Å². The minimum Gasteiger partial charge on any atom is -0.361 e. The minimum absolute atomic E-state index is 0.625. The molecule has 0 spiro atoms. The van der Waals surface area contributed by atoms with Crippen LogP contribution in [0.15, 0.2) is 42.7 Å². The van der Waals surface area contributed by atoms with Crippen LogP contribution in [0.25, 0.3) is 10.9 Å². The molecule has 0 aliphatic carbocycles. The summed E-state index contributed by atoms with van der Waals surface area (Å²) in [5, 5.41) is 4.36. The fraction of sp³-hybridized carbons (Fsp3) is 0.0769. The SMILES string of the molecule is Cc1ccnc(Nc2ccc3[nH]ccc3c2)n1. The molecule has 0 saturated heterocycles. The van der Waals surface area contributed by atoms with Gasteiger partial charge >= 0.3 is 0 Å². The summed E-state index contributed by atoms with van der Waals surface area (Å²) < 4.78 is 0. The number of anilines is 2. The number of H-pyrrole nitrogens is 1. The van der Waals surface area contributed by atoms with E-state index in [1.54, 1.807) is 6.20 Å². The lowest BCUT2D eigenvalue weighted by Gasteiger charge is -2.04. The van der Waals surface area contributed by atoms with Crippen LogP contribution >= 0.6 is 0 Å². The first-order valence-corrected chi connectivity index (χ1v) is 5.45. The van der Waals surface area contributed by atoms with E-state index >= 15 is 0 Å². The summed E-state index contributed by atoms with van der Waals surface area (Å²) >= 11 is 0. The topological polar surface area (TPSA) is 53.6 Å². The second-order valence-electron chi connectivity index (χ2n) is 3.93. The molecule has 4 nitrogen and oxygen atoms in total. The number of nitrogens with one attached hydrogen (secondary N) is 2. The Morgan fingerprint density at radius 3 is 3.00 bits per heavy atom. The molecule has 4 heteroatoms. The highest BCUT2D eigenvalue weighted by molar-refractivity contribution is 5.83. The number of benzene rings is 1. The van der Waals surface area contributed by atoms with Crippen LogP contribution in [0, 0.1) is 6.92 Å². The molecule has 0 atom stereocenters. The van der Waals surface area contributed by atoms with Crippen LogP contribution in [-0.4, -0.2) is 15.0 Å². The zero-order chi connectivity index (χ0) is 11.7. The molecule has 0 saturated carbocycles. The second-order valence-corrected chi connectivity index (χ2v) is 3.93. The normalized spacial score (nSPS) is 10.6. The summed E-state index contributed by atoms with van der Waals surface area (Å²) in [6.45, 7) is 1.95. The van der Waals surface area contributed by atoms with Gasteiger partial charge in [0.15, 0.2) is 0 Å². The van der Waals surface area contributed by atoms with E-state index in [1.165, 1.54) is 5.39 Å². The first-order chi connectivity index (χ1) is 8.31. The van der Waals surface area contributed by atoms with Gasteiger partial charge in [0.1, 0.15) is 0 Å². The van der Waals surface area contributed by atoms with Crippen molar-refractivity contribution in [1.82, 2.24) is 15.0 Å². The van der Waals surface area contributed by atoms with Gasteiger partial charge in [-0.3, -0.25) is 0 Å². The van der Waals surface area contributed by atoms with Crippen molar-refractivity contribution in [2.45, 2.75) is 6.92 Å². The van der Waals surface area contributed by atoms with E-state index in [9.17, 15) is 0 Å². The van der Waals surface area contributed by atoms with Gasteiger partial charge in [0.2, 0.25) is 5.95 Å². The lowest BCUT2D eigenvalue weighted by molar-refractivity contribution is 1.11. The monoisotopic (exact) mass is 224 g/mol. The van der Waals surface area contributed by atoms with E-state index < -0.39 is 0 Å². The van der Waals surface area contributed by atoms with Crippen molar-refractivity contribution in [2.75, 3.05) is 5.32 Å². The number of aromatic amines is 1. The Morgan fingerprint density at radius 1 is 1.18 bits per heavy atom. The Morgan fingerprint density at radius 2 is 2.12 bits per heavy atom. The average molecular weight is 224 g/mol. The number of aryl methyl sites for hydroxylation is 1. The summed E-state index contributed by atoms with van der Waals surface area (Å²) in [6, 6.07) is 10.0. The highest BCUT2D eigenvalue weighted by Gasteiger charge is 1.99. The third kappa shape index (κ3) is 1.97. The molecule has 0 radical (unpaired) electrons. The van der Waals surface area contributed by atoms with E-state index in [-0.39, 0.29) is 0 Å². The molecule has 0 bridgehead atoms. The molecule has 3 aromatic rings. The number of hydrogen-bond acceptors (Lipinski definition) is 3. The Hall–Kier alpha value is -2.36. The number of hydrogen-bond donors (Lipinski definition) is 2. The van der Waals surface area contributed by atoms with Crippen LogP contribution in [0.5, 0.6) is 0 Å². The quantitative estimate of drug-likeness (QED) is 0.703. The molecular formula is C13H12N4. The third-order valence-corrected chi connectivity index (χ3v) is 2.60. The number of aromatic nitrogens is 3. The Bertz CT molecular complexity index is 657. The molecule has 17 heavy (non-hydrogen) atoms. The molecule has 2 N–H and O–H groups in total. The van der Waals surface area contributed by atoms with E-state index in [0.29, 0.717) is 5.95 Å². The van der Waals surface area contributed by atoms with E-state index in [1.807, 2.05) is 37.4 Å². The van der Waals surface area contributed by atoms with Gasteiger partial charge in [-0.1, -0.05) is 0 Å². The molecule has 0 aliphatic rings. The maximum atomic E-state index is 4.31. The molecule has 2 aromatic heterocycles. The van der Waals surface area contributed by atoms with Gasteiger partial charge in [0, 0.05) is 34.7 Å². The largest absolute Gasteiger partial charge is 0.361 e. The first-order valence-electron chi connectivity index (χ1n) is 5.45. The predicted molar refractivity (Wildman–Crippen MR) is 68.4 cm³/mol. The first kappa shape index (κ1) is 9.84. The molecule has 2 heterocycles. The highest BCUT2D eigenvalue weighted by Crippen LogP contribution is 2.19. The average Bonchev–Trinajstić information content (AvgIpc) is 2.76. The maximum absolute atomic E-state index is 4.31. The summed E-state index contributed by atoms with van der Waals surface area (Å²) in [5.74, 6) is 0.625. The summed E-state index contributed by atoms with van der Waals surface area (Å²) in [4.78, 5) is 11.6. The Kier molecular flexibility index (Phi) is 2.26. The number of nitrogens with zero attached hydrogens (tertiary/aromatic N) is 2. The molecule has 84 valence electrons. The van der Waals surface area contributed by atoms with Crippen LogP contribution in [-0.2, 0) is 0 Å². The van der Waals surface area contributed by atoms with E-state index in [4.69, 9.17) is 0 Å². The standard InChI is InChI=1S/C13H12N4/c1-9-4-6-15-13(16-9)17-11-2-3-12-10(8-11)5-7-14-12/h2-8,14H,1H3,(H,15,16,17). The van der Waals surface area contributed by atoms with Gasteiger partial charge < -0.3 is 10.3 Å². The van der Waals surface area contributed by atoms with Crippen molar-refractivity contribution in [1.29, 1.82) is 0 Å². The van der Waals surface area contributed by atoms with Crippen molar-refractivity contribution in [3.8, 4) is 0 Å². The summed E-state index contributed by atoms with van der Waals surface area (Å²) in [5.41, 5.74) is 3.06. The second kappa shape index (κ2) is 3.90. The Labute approximate surface area is 98.7 Å². The number of fused-ring (bicyclic) bond motifs is 1. The zero-order valence-electron chi connectivity index (χ0n) is 9.44. The maximum Gasteiger partial charge on any atom is 0.227 e. The van der Waals surface area contributed by atoms with E-state index in [2.05, 4.69) is 26.3 Å². The minimum atomic E-state index is 0.625. The van der Waals surface area contributed by atoms with Crippen LogP contribution < -0.4 is 5.32 Å². The van der Waals surface area contributed by atoms with Crippen LogP contribution in [0.4, 0.5) is 11.6 Å². The molecule has 0 amide bonds. The van der Waals surface area contributed by atoms with Gasteiger partial charge in [-0.25, -0.2) is 9.97 Å². The molecule has 3 rings (SSSR count). The lowest BCUT2D eigenvalue weighted by Crippen LogP contribution is -1.97. The molecular weight excluding hydrogens is 212 g/mol. The Balaban J connectivity index is 1.94. The molecule has 0 aliphatic heterocycles. The summed E-state index contributed by atoms with van der Waals surface area (Å²) in [7, 11) is 0. The molecule has 0 unspecified atom stereocenters. The van der Waals surface area contributed by atoms with Gasteiger partial charge in [0.25, 0.3) is 0 Å². The van der Waals surface area contributed by atoms with Gasteiger partial charge in [-0.05, 0) is 37.3 Å². The lowest BCUT2D eigenvalue weighted by atomic mass is 10.2. The molecule has 1 aromatic carbocycles. The van der Waals surface area contributed by atoms with Crippen molar-refractivity contribution in [3.05, 3.63) is 48.4 Å². The van der Waals surface area contributed by atoms with Crippen molar-refractivity contribution >= 4 is 22.5 Å². The van der Waals surface area contributed by atoms with Gasteiger partial charge in [-0.2, -0.15) is 0 Å². The van der Waals surface area contributed by atoms with Crippen LogP contribution in [0.3, 0.4) is 0 Å². The fourth-order valence-electron chi connectivity index (χ4n) is 1.77. The van der Waals surface area contributed by atoms with Crippen LogP contribution in [0.2, 0.25) is 0 Å². The molecule has 0 fully saturated rings. The zero-order valence-corrected chi connectivity index (χ0v) is 9.44. The fourth-order valence-corrected chi connectivity index (χ4v) is 1.77.